The fraction of sp³-hybridized carbons (Fsp3) is 0.154. The van der Waals surface area contributed by atoms with Crippen molar-refractivity contribution in [1.82, 2.24) is 0 Å². The summed E-state index contributed by atoms with van der Waals surface area (Å²) in [5, 5.41) is 0. The fourth-order valence-corrected chi connectivity index (χ4v) is 1.66. The van der Waals surface area contributed by atoms with Crippen LogP contribution in [-0.4, -0.2) is 13.1 Å². The molecule has 1 aromatic carbocycles. The van der Waals surface area contributed by atoms with E-state index in [1.54, 1.807) is 0 Å². The number of allylic oxidation sites excluding steroid dienone is 2. The molecule has 0 heterocycles. The lowest BCUT2D eigenvalue weighted by Crippen LogP contribution is -2.07. The summed E-state index contributed by atoms with van der Waals surface area (Å²) in [5.74, 6) is -0.253. The Morgan fingerprint density at radius 1 is 1.33 bits per heavy atom. The van der Waals surface area contributed by atoms with Crippen LogP contribution in [0.2, 0.25) is 0 Å². The quantitative estimate of drug-likeness (QED) is 0.650. The van der Waals surface area contributed by atoms with Gasteiger partial charge in [0.25, 0.3) is 0 Å². The standard InChI is InChI=1S/C13H12O2/c1-15-13(14)12-8-4-7-10-5-2-3-6-11(10)9-12/h2-8H,9H2,1H3. The molecule has 0 bridgehead atoms. The predicted molar refractivity (Wildman–Crippen MR) is 59.3 cm³/mol. The van der Waals surface area contributed by atoms with E-state index in [1.165, 1.54) is 7.11 Å². The van der Waals surface area contributed by atoms with E-state index in [0.717, 1.165) is 11.1 Å². The molecule has 0 fully saturated rings. The van der Waals surface area contributed by atoms with E-state index in [-0.39, 0.29) is 5.97 Å². The molecule has 15 heavy (non-hydrogen) atoms. The zero-order valence-corrected chi connectivity index (χ0v) is 8.57. The van der Waals surface area contributed by atoms with Crippen molar-refractivity contribution < 1.29 is 9.53 Å². The number of benzene rings is 1. The van der Waals surface area contributed by atoms with Gasteiger partial charge >= 0.3 is 5.97 Å². The van der Waals surface area contributed by atoms with Crippen molar-refractivity contribution in [2.24, 2.45) is 0 Å². The Morgan fingerprint density at radius 2 is 2.13 bits per heavy atom. The second kappa shape index (κ2) is 4.13. The van der Waals surface area contributed by atoms with Crippen molar-refractivity contribution >= 4 is 12.0 Å². The third-order valence-corrected chi connectivity index (χ3v) is 2.46. The number of carbonyl (C=O) groups excluding carboxylic acids is 1. The molecule has 0 aromatic heterocycles. The number of methoxy groups -OCH3 is 1. The van der Waals surface area contributed by atoms with Crippen molar-refractivity contribution in [2.45, 2.75) is 6.42 Å². The first-order valence-electron chi connectivity index (χ1n) is 4.84. The van der Waals surface area contributed by atoms with E-state index in [0.29, 0.717) is 12.0 Å². The van der Waals surface area contributed by atoms with Gasteiger partial charge in [-0.1, -0.05) is 42.5 Å². The number of carbonyl (C=O) groups is 1. The first-order chi connectivity index (χ1) is 7.31. The lowest BCUT2D eigenvalue weighted by molar-refractivity contribution is -0.136. The van der Waals surface area contributed by atoms with Crippen LogP contribution in [0.15, 0.2) is 42.0 Å². The van der Waals surface area contributed by atoms with Gasteiger partial charge in [0.15, 0.2) is 0 Å². The van der Waals surface area contributed by atoms with Gasteiger partial charge in [-0.05, 0) is 11.1 Å². The number of ether oxygens (including phenoxy) is 1. The van der Waals surface area contributed by atoms with Gasteiger partial charge < -0.3 is 4.74 Å². The van der Waals surface area contributed by atoms with Gasteiger partial charge in [0.1, 0.15) is 0 Å². The average molecular weight is 200 g/mol. The van der Waals surface area contributed by atoms with Crippen LogP contribution in [0.5, 0.6) is 0 Å². The van der Waals surface area contributed by atoms with Crippen LogP contribution < -0.4 is 0 Å². The summed E-state index contributed by atoms with van der Waals surface area (Å²) in [4.78, 5) is 11.4. The predicted octanol–water partition coefficient (Wildman–Crippen LogP) is 2.36. The van der Waals surface area contributed by atoms with Crippen LogP contribution in [-0.2, 0) is 16.0 Å². The highest BCUT2D eigenvalue weighted by molar-refractivity contribution is 5.90. The van der Waals surface area contributed by atoms with E-state index in [2.05, 4.69) is 0 Å². The van der Waals surface area contributed by atoms with Crippen LogP contribution in [0, 0.1) is 0 Å². The smallest absolute Gasteiger partial charge is 0.334 e. The number of rotatable bonds is 1. The molecule has 0 unspecified atom stereocenters. The molecule has 0 saturated carbocycles. The maximum atomic E-state index is 11.4. The van der Waals surface area contributed by atoms with Crippen molar-refractivity contribution in [3.63, 3.8) is 0 Å². The van der Waals surface area contributed by atoms with E-state index >= 15 is 0 Å². The van der Waals surface area contributed by atoms with Gasteiger partial charge in [-0.2, -0.15) is 0 Å². The normalized spacial score (nSPS) is 13.8. The van der Waals surface area contributed by atoms with Gasteiger partial charge in [0.2, 0.25) is 0 Å². The first-order valence-corrected chi connectivity index (χ1v) is 4.84. The zero-order chi connectivity index (χ0) is 10.7. The molecule has 0 N–H and O–H groups in total. The summed E-state index contributed by atoms with van der Waals surface area (Å²) in [5.41, 5.74) is 3.01. The summed E-state index contributed by atoms with van der Waals surface area (Å²) in [6, 6.07) is 8.04. The molecular formula is C13H12O2. The van der Waals surface area contributed by atoms with Crippen LogP contribution in [0.1, 0.15) is 11.1 Å². The van der Waals surface area contributed by atoms with Gasteiger partial charge in [-0.15, -0.1) is 0 Å². The van der Waals surface area contributed by atoms with Crippen LogP contribution >= 0.6 is 0 Å². The van der Waals surface area contributed by atoms with Crippen LogP contribution in [0.25, 0.3) is 6.08 Å². The molecule has 0 aliphatic heterocycles. The molecule has 0 radical (unpaired) electrons. The summed E-state index contributed by atoms with van der Waals surface area (Å²) in [7, 11) is 1.41. The number of fused-ring (bicyclic) bond motifs is 1. The van der Waals surface area contributed by atoms with Crippen molar-refractivity contribution in [1.29, 1.82) is 0 Å². The second-order valence-corrected chi connectivity index (χ2v) is 3.42. The van der Waals surface area contributed by atoms with Crippen molar-refractivity contribution in [2.75, 3.05) is 7.11 Å². The maximum Gasteiger partial charge on any atom is 0.334 e. The highest BCUT2D eigenvalue weighted by Gasteiger charge is 2.12. The molecule has 1 aromatic rings. The average Bonchev–Trinajstić information content (AvgIpc) is 2.49. The third kappa shape index (κ3) is 1.99. The van der Waals surface area contributed by atoms with Gasteiger partial charge in [-0.3, -0.25) is 0 Å². The zero-order valence-electron chi connectivity index (χ0n) is 8.57. The first kappa shape index (κ1) is 9.71. The Hall–Kier alpha value is -1.83. The van der Waals surface area contributed by atoms with Crippen molar-refractivity contribution in [3.05, 3.63) is 53.1 Å². The fourth-order valence-electron chi connectivity index (χ4n) is 1.66. The molecular weight excluding hydrogens is 188 g/mol. The molecule has 1 aliphatic carbocycles. The number of hydrogen-bond acceptors (Lipinski definition) is 2. The Morgan fingerprint density at radius 3 is 2.93 bits per heavy atom. The minimum Gasteiger partial charge on any atom is -0.466 e. The number of esters is 1. The van der Waals surface area contributed by atoms with E-state index in [1.807, 2.05) is 42.5 Å². The van der Waals surface area contributed by atoms with E-state index in [4.69, 9.17) is 4.74 Å². The second-order valence-electron chi connectivity index (χ2n) is 3.42. The maximum absolute atomic E-state index is 11.4. The molecule has 2 nitrogen and oxygen atoms in total. The Balaban J connectivity index is 2.35. The third-order valence-electron chi connectivity index (χ3n) is 2.46. The Bertz CT molecular complexity index is 442. The minimum absolute atomic E-state index is 0.253. The molecule has 1 aliphatic rings. The summed E-state index contributed by atoms with van der Waals surface area (Å²) in [6.45, 7) is 0. The topological polar surface area (TPSA) is 26.3 Å². The minimum atomic E-state index is -0.253. The van der Waals surface area contributed by atoms with Gasteiger partial charge in [0.05, 0.1) is 7.11 Å². The van der Waals surface area contributed by atoms with E-state index in [9.17, 15) is 4.79 Å². The Kier molecular flexibility index (Phi) is 2.68. The van der Waals surface area contributed by atoms with Crippen LogP contribution in [0.3, 0.4) is 0 Å². The highest BCUT2D eigenvalue weighted by atomic mass is 16.5. The molecule has 0 amide bonds. The molecule has 76 valence electrons. The monoisotopic (exact) mass is 200 g/mol. The number of hydrogen-bond donors (Lipinski definition) is 0. The van der Waals surface area contributed by atoms with E-state index < -0.39 is 0 Å². The SMILES string of the molecule is COC(=O)C1=CC=Cc2ccccc2C1. The molecule has 0 atom stereocenters. The molecule has 0 saturated heterocycles. The summed E-state index contributed by atoms with van der Waals surface area (Å²) in [6.07, 6.45) is 6.34. The lowest BCUT2D eigenvalue weighted by Gasteiger charge is -2.05. The summed E-state index contributed by atoms with van der Waals surface area (Å²) < 4.78 is 4.72. The highest BCUT2D eigenvalue weighted by Crippen LogP contribution is 2.19. The van der Waals surface area contributed by atoms with Crippen LogP contribution in [0.4, 0.5) is 0 Å². The van der Waals surface area contributed by atoms with Gasteiger partial charge in [0, 0.05) is 12.0 Å². The largest absolute Gasteiger partial charge is 0.466 e. The molecule has 0 spiro atoms. The lowest BCUT2D eigenvalue weighted by atomic mass is 10.0. The van der Waals surface area contributed by atoms with Crippen molar-refractivity contribution in [3.8, 4) is 0 Å². The molecule has 2 heteroatoms. The summed E-state index contributed by atoms with van der Waals surface area (Å²) >= 11 is 0. The van der Waals surface area contributed by atoms with Gasteiger partial charge in [-0.25, -0.2) is 4.79 Å². The molecule has 2 rings (SSSR count). The Labute approximate surface area is 88.9 Å².